The minimum atomic E-state index is -0.103. The van der Waals surface area contributed by atoms with Crippen LogP contribution in [0.4, 0.5) is 0 Å². The second kappa shape index (κ2) is 6.45. The Morgan fingerprint density at radius 3 is 2.74 bits per heavy atom. The topological polar surface area (TPSA) is 38.7 Å². The number of hydrogen-bond acceptors (Lipinski definition) is 3. The van der Waals surface area contributed by atoms with Gasteiger partial charge in [0.15, 0.2) is 0 Å². The van der Waals surface area contributed by atoms with Gasteiger partial charge in [-0.2, -0.15) is 0 Å². The molecule has 2 aromatic rings. The van der Waals surface area contributed by atoms with Gasteiger partial charge in [-0.3, -0.25) is 0 Å². The Kier molecular flexibility index (Phi) is 4.66. The summed E-state index contributed by atoms with van der Waals surface area (Å²) < 4.78 is 10.8. The molecule has 100 valence electrons. The molecular formula is C15H15ClO3. The van der Waals surface area contributed by atoms with E-state index in [9.17, 15) is 5.11 Å². The number of aliphatic hydroxyl groups excluding tert-OH is 1. The van der Waals surface area contributed by atoms with E-state index in [0.717, 1.165) is 11.3 Å². The van der Waals surface area contributed by atoms with E-state index in [1.807, 2.05) is 24.3 Å². The lowest BCUT2D eigenvalue weighted by atomic mass is 10.2. The highest BCUT2D eigenvalue weighted by Gasteiger charge is 2.04. The highest BCUT2D eigenvalue weighted by Crippen LogP contribution is 2.24. The van der Waals surface area contributed by atoms with Crippen LogP contribution in [-0.2, 0) is 13.2 Å². The van der Waals surface area contributed by atoms with E-state index in [4.69, 9.17) is 21.1 Å². The van der Waals surface area contributed by atoms with Gasteiger partial charge in [0.2, 0.25) is 0 Å². The molecule has 0 bridgehead atoms. The van der Waals surface area contributed by atoms with Crippen LogP contribution >= 0.6 is 11.6 Å². The van der Waals surface area contributed by atoms with Gasteiger partial charge >= 0.3 is 0 Å². The van der Waals surface area contributed by atoms with Crippen molar-refractivity contribution in [1.82, 2.24) is 0 Å². The second-order valence-electron chi connectivity index (χ2n) is 4.05. The Hall–Kier alpha value is -1.71. The van der Waals surface area contributed by atoms with Gasteiger partial charge in [0.25, 0.3) is 0 Å². The Morgan fingerprint density at radius 1 is 1.16 bits per heavy atom. The first-order valence-corrected chi connectivity index (χ1v) is 6.25. The lowest BCUT2D eigenvalue weighted by Gasteiger charge is -2.11. The number of hydrogen-bond donors (Lipinski definition) is 1. The van der Waals surface area contributed by atoms with Gasteiger partial charge in [0, 0.05) is 10.6 Å². The standard InChI is InChI=1S/C15H15ClO3/c1-18-14-4-2-3-11(7-14)10-19-15-6-5-13(16)8-12(15)9-17/h2-8,17H,9-10H2,1H3. The van der Waals surface area contributed by atoms with Crippen molar-refractivity contribution in [2.45, 2.75) is 13.2 Å². The predicted molar refractivity (Wildman–Crippen MR) is 74.7 cm³/mol. The van der Waals surface area contributed by atoms with E-state index in [0.29, 0.717) is 22.9 Å². The van der Waals surface area contributed by atoms with Crippen molar-refractivity contribution in [3.63, 3.8) is 0 Å². The molecule has 0 radical (unpaired) electrons. The van der Waals surface area contributed by atoms with E-state index in [1.54, 1.807) is 25.3 Å². The van der Waals surface area contributed by atoms with Crippen LogP contribution in [0.3, 0.4) is 0 Å². The van der Waals surface area contributed by atoms with Crippen molar-refractivity contribution in [2.75, 3.05) is 7.11 Å². The van der Waals surface area contributed by atoms with Crippen molar-refractivity contribution >= 4 is 11.6 Å². The molecule has 0 aliphatic carbocycles. The lowest BCUT2D eigenvalue weighted by Crippen LogP contribution is -1.99. The summed E-state index contributed by atoms with van der Waals surface area (Å²) in [5.41, 5.74) is 1.67. The van der Waals surface area contributed by atoms with E-state index in [-0.39, 0.29) is 6.61 Å². The first-order valence-electron chi connectivity index (χ1n) is 5.88. The highest BCUT2D eigenvalue weighted by molar-refractivity contribution is 6.30. The fourth-order valence-electron chi connectivity index (χ4n) is 1.74. The van der Waals surface area contributed by atoms with Gasteiger partial charge in [-0.15, -0.1) is 0 Å². The summed E-state index contributed by atoms with van der Waals surface area (Å²) in [7, 11) is 1.63. The summed E-state index contributed by atoms with van der Waals surface area (Å²) in [6.07, 6.45) is 0. The molecule has 2 rings (SSSR count). The zero-order valence-corrected chi connectivity index (χ0v) is 11.4. The maximum atomic E-state index is 9.26. The molecule has 0 heterocycles. The van der Waals surface area contributed by atoms with Gasteiger partial charge < -0.3 is 14.6 Å². The average Bonchev–Trinajstić information content (AvgIpc) is 2.46. The monoisotopic (exact) mass is 278 g/mol. The number of rotatable bonds is 5. The molecule has 0 atom stereocenters. The van der Waals surface area contributed by atoms with Crippen LogP contribution in [0.5, 0.6) is 11.5 Å². The lowest BCUT2D eigenvalue weighted by molar-refractivity contribution is 0.259. The van der Waals surface area contributed by atoms with Crippen molar-refractivity contribution in [1.29, 1.82) is 0 Å². The van der Waals surface area contributed by atoms with Gasteiger partial charge in [0.05, 0.1) is 13.7 Å². The SMILES string of the molecule is COc1cccc(COc2ccc(Cl)cc2CO)c1. The van der Waals surface area contributed by atoms with Crippen LogP contribution < -0.4 is 9.47 Å². The maximum Gasteiger partial charge on any atom is 0.125 e. The fourth-order valence-corrected chi connectivity index (χ4v) is 1.93. The number of aliphatic hydroxyl groups is 1. The Morgan fingerprint density at radius 2 is 2.00 bits per heavy atom. The largest absolute Gasteiger partial charge is 0.497 e. The Bertz CT molecular complexity index is 555. The molecule has 0 aliphatic heterocycles. The molecule has 0 fully saturated rings. The second-order valence-corrected chi connectivity index (χ2v) is 4.49. The molecule has 0 saturated heterocycles. The first kappa shape index (κ1) is 13.7. The molecule has 4 heteroatoms. The normalized spacial score (nSPS) is 10.3. The summed E-state index contributed by atoms with van der Waals surface area (Å²) in [5, 5.41) is 9.84. The minimum Gasteiger partial charge on any atom is -0.497 e. The predicted octanol–water partition coefficient (Wildman–Crippen LogP) is 3.42. The van der Waals surface area contributed by atoms with Gasteiger partial charge in [-0.05, 0) is 35.9 Å². The number of halogens is 1. The van der Waals surface area contributed by atoms with Crippen molar-refractivity contribution in [3.8, 4) is 11.5 Å². The van der Waals surface area contributed by atoms with E-state index < -0.39 is 0 Å². The molecule has 1 N–H and O–H groups in total. The number of ether oxygens (including phenoxy) is 2. The zero-order chi connectivity index (χ0) is 13.7. The van der Waals surface area contributed by atoms with Gasteiger partial charge in [0.1, 0.15) is 18.1 Å². The van der Waals surface area contributed by atoms with Crippen LogP contribution in [0, 0.1) is 0 Å². The molecule has 0 unspecified atom stereocenters. The smallest absolute Gasteiger partial charge is 0.125 e. The fraction of sp³-hybridized carbons (Fsp3) is 0.200. The van der Waals surface area contributed by atoms with E-state index >= 15 is 0 Å². The van der Waals surface area contributed by atoms with Gasteiger partial charge in [-0.1, -0.05) is 23.7 Å². The van der Waals surface area contributed by atoms with Crippen LogP contribution in [0.15, 0.2) is 42.5 Å². The summed E-state index contributed by atoms with van der Waals surface area (Å²) in [5.74, 6) is 1.43. The van der Waals surface area contributed by atoms with Gasteiger partial charge in [-0.25, -0.2) is 0 Å². The Labute approximate surface area is 117 Å². The summed E-state index contributed by atoms with van der Waals surface area (Å²) in [6.45, 7) is 0.305. The minimum absolute atomic E-state index is 0.103. The highest BCUT2D eigenvalue weighted by atomic mass is 35.5. The summed E-state index contributed by atoms with van der Waals surface area (Å²) in [6, 6.07) is 12.8. The maximum absolute atomic E-state index is 9.26. The zero-order valence-electron chi connectivity index (χ0n) is 10.6. The molecule has 0 saturated carbocycles. The molecule has 0 aliphatic rings. The van der Waals surface area contributed by atoms with Crippen LogP contribution in [-0.4, -0.2) is 12.2 Å². The van der Waals surface area contributed by atoms with Crippen LogP contribution in [0.1, 0.15) is 11.1 Å². The molecule has 0 amide bonds. The summed E-state index contributed by atoms with van der Waals surface area (Å²) >= 11 is 5.87. The first-order chi connectivity index (χ1) is 9.22. The van der Waals surface area contributed by atoms with E-state index in [2.05, 4.69) is 0 Å². The van der Waals surface area contributed by atoms with Crippen molar-refractivity contribution < 1.29 is 14.6 Å². The molecule has 0 aromatic heterocycles. The molecule has 3 nitrogen and oxygen atoms in total. The van der Waals surface area contributed by atoms with Crippen molar-refractivity contribution in [3.05, 3.63) is 58.6 Å². The average molecular weight is 279 g/mol. The quantitative estimate of drug-likeness (QED) is 0.911. The summed E-state index contributed by atoms with van der Waals surface area (Å²) in [4.78, 5) is 0. The number of benzene rings is 2. The van der Waals surface area contributed by atoms with Crippen LogP contribution in [0.2, 0.25) is 5.02 Å². The molecule has 19 heavy (non-hydrogen) atoms. The molecular weight excluding hydrogens is 264 g/mol. The van der Waals surface area contributed by atoms with Crippen molar-refractivity contribution in [2.24, 2.45) is 0 Å². The third-order valence-corrected chi connectivity index (χ3v) is 2.96. The van der Waals surface area contributed by atoms with Crippen LogP contribution in [0.25, 0.3) is 0 Å². The molecule has 2 aromatic carbocycles. The third-order valence-electron chi connectivity index (χ3n) is 2.72. The third kappa shape index (κ3) is 3.63. The van der Waals surface area contributed by atoms with E-state index in [1.165, 1.54) is 0 Å². The Balaban J connectivity index is 2.09. The number of methoxy groups -OCH3 is 1. The molecule has 0 spiro atoms.